The standard InChI is InChI=1S/C20H20FNO3/c1-20(19(24)25,15-7-9-16(21)10-8-15)22-18(23)12-14-11-17(14)13-5-3-2-4-6-13/h2-10,14,17H,11-12H2,1H3,(H,22,23)(H,24,25)/t14-,17-,20?/m0/s1. The summed E-state index contributed by atoms with van der Waals surface area (Å²) in [5.41, 5.74) is -0.0351. The fraction of sp³-hybridized carbons (Fsp3) is 0.300. The summed E-state index contributed by atoms with van der Waals surface area (Å²) in [6.07, 6.45) is 1.21. The van der Waals surface area contributed by atoms with Gasteiger partial charge in [0.15, 0.2) is 5.54 Å². The van der Waals surface area contributed by atoms with Crippen LogP contribution < -0.4 is 5.32 Å². The van der Waals surface area contributed by atoms with Gasteiger partial charge in [0.25, 0.3) is 0 Å². The van der Waals surface area contributed by atoms with Gasteiger partial charge in [-0.3, -0.25) is 4.79 Å². The lowest BCUT2D eigenvalue weighted by Gasteiger charge is -2.27. The molecule has 3 atom stereocenters. The third kappa shape index (κ3) is 3.71. The number of halogens is 1. The minimum atomic E-state index is -1.58. The number of hydrogen-bond acceptors (Lipinski definition) is 2. The molecule has 2 aromatic carbocycles. The van der Waals surface area contributed by atoms with Gasteiger partial charge in [0.1, 0.15) is 5.82 Å². The van der Waals surface area contributed by atoms with Crippen molar-refractivity contribution in [2.45, 2.75) is 31.2 Å². The smallest absolute Gasteiger partial charge is 0.333 e. The van der Waals surface area contributed by atoms with Crippen LogP contribution in [0.25, 0.3) is 0 Å². The third-order valence-corrected chi connectivity index (χ3v) is 4.84. The number of carbonyl (C=O) groups excluding carboxylic acids is 1. The van der Waals surface area contributed by atoms with Gasteiger partial charge in [0, 0.05) is 6.42 Å². The SMILES string of the molecule is CC(NC(=O)C[C@@H]1C[C@H]1c1ccccc1)(C(=O)O)c1ccc(F)cc1. The highest BCUT2D eigenvalue weighted by Crippen LogP contribution is 2.49. The number of rotatable bonds is 6. The first-order valence-corrected chi connectivity index (χ1v) is 8.25. The first-order chi connectivity index (χ1) is 11.9. The van der Waals surface area contributed by atoms with Crippen LogP contribution in [0.3, 0.4) is 0 Å². The summed E-state index contributed by atoms with van der Waals surface area (Å²) >= 11 is 0. The summed E-state index contributed by atoms with van der Waals surface area (Å²) in [6.45, 7) is 1.42. The summed E-state index contributed by atoms with van der Waals surface area (Å²) in [5, 5.41) is 12.2. The lowest BCUT2D eigenvalue weighted by Crippen LogP contribution is -2.49. The number of hydrogen-bond donors (Lipinski definition) is 2. The number of aliphatic carboxylic acids is 1. The molecule has 1 aliphatic rings. The third-order valence-electron chi connectivity index (χ3n) is 4.84. The normalized spacial score (nSPS) is 21.2. The van der Waals surface area contributed by atoms with Crippen molar-refractivity contribution in [3.05, 3.63) is 71.5 Å². The summed E-state index contributed by atoms with van der Waals surface area (Å²) < 4.78 is 13.1. The summed E-state index contributed by atoms with van der Waals surface area (Å²) in [5.74, 6) is -1.35. The van der Waals surface area contributed by atoms with Crippen LogP contribution in [0.5, 0.6) is 0 Å². The van der Waals surface area contributed by atoms with Gasteiger partial charge >= 0.3 is 5.97 Å². The molecule has 0 aliphatic heterocycles. The highest BCUT2D eigenvalue weighted by molar-refractivity contribution is 5.88. The summed E-state index contributed by atoms with van der Waals surface area (Å²) in [7, 11) is 0. The molecule has 1 amide bonds. The van der Waals surface area contributed by atoms with Crippen LogP contribution in [0, 0.1) is 11.7 Å². The molecular weight excluding hydrogens is 321 g/mol. The van der Waals surface area contributed by atoms with E-state index in [1.54, 1.807) is 0 Å². The Balaban J connectivity index is 1.66. The highest BCUT2D eigenvalue weighted by atomic mass is 19.1. The molecule has 0 heterocycles. The monoisotopic (exact) mass is 341 g/mol. The van der Waals surface area contributed by atoms with E-state index in [1.807, 2.05) is 30.3 Å². The van der Waals surface area contributed by atoms with E-state index in [9.17, 15) is 19.1 Å². The minimum Gasteiger partial charge on any atom is -0.479 e. The first kappa shape index (κ1) is 17.1. The number of carboxylic acid groups (broad SMARTS) is 1. The molecule has 0 spiro atoms. The lowest BCUT2D eigenvalue weighted by atomic mass is 9.91. The minimum absolute atomic E-state index is 0.230. The number of benzene rings is 2. The number of nitrogens with one attached hydrogen (secondary N) is 1. The van der Waals surface area contributed by atoms with E-state index < -0.39 is 17.3 Å². The van der Waals surface area contributed by atoms with Gasteiger partial charge in [0.05, 0.1) is 0 Å². The maximum absolute atomic E-state index is 13.1. The molecule has 3 rings (SSSR count). The van der Waals surface area contributed by atoms with Crippen molar-refractivity contribution in [1.29, 1.82) is 0 Å². The van der Waals surface area contributed by atoms with E-state index in [0.29, 0.717) is 11.5 Å². The van der Waals surface area contributed by atoms with Crippen LogP contribution in [0.1, 0.15) is 36.8 Å². The molecule has 0 bridgehead atoms. The van der Waals surface area contributed by atoms with E-state index in [1.165, 1.54) is 36.8 Å². The van der Waals surface area contributed by atoms with Gasteiger partial charge in [-0.05, 0) is 48.4 Å². The highest BCUT2D eigenvalue weighted by Gasteiger charge is 2.42. The van der Waals surface area contributed by atoms with E-state index in [2.05, 4.69) is 5.32 Å². The van der Waals surface area contributed by atoms with E-state index >= 15 is 0 Å². The van der Waals surface area contributed by atoms with Crippen molar-refractivity contribution in [3.63, 3.8) is 0 Å². The second-order valence-corrected chi connectivity index (χ2v) is 6.70. The van der Waals surface area contributed by atoms with Crippen molar-refractivity contribution in [2.75, 3.05) is 0 Å². The Morgan fingerprint density at radius 3 is 2.40 bits per heavy atom. The Labute approximate surface area is 145 Å². The van der Waals surface area contributed by atoms with E-state index in [0.717, 1.165) is 6.42 Å². The maximum atomic E-state index is 13.1. The van der Waals surface area contributed by atoms with Crippen molar-refractivity contribution in [1.82, 2.24) is 5.32 Å². The van der Waals surface area contributed by atoms with Gasteiger partial charge in [-0.15, -0.1) is 0 Å². The molecular formula is C20H20FNO3. The number of carbonyl (C=O) groups is 2. The van der Waals surface area contributed by atoms with Crippen molar-refractivity contribution >= 4 is 11.9 Å². The Morgan fingerprint density at radius 2 is 1.80 bits per heavy atom. The molecule has 0 saturated heterocycles. The summed E-state index contributed by atoms with van der Waals surface area (Å²) in [4.78, 5) is 24.1. The van der Waals surface area contributed by atoms with Gasteiger partial charge in [-0.2, -0.15) is 0 Å². The molecule has 1 unspecified atom stereocenters. The Kier molecular flexibility index (Phi) is 4.57. The number of carboxylic acids is 1. The quantitative estimate of drug-likeness (QED) is 0.846. The average Bonchev–Trinajstić information content (AvgIpc) is 3.34. The predicted octanol–water partition coefficient (Wildman–Crippen LogP) is 3.44. The predicted molar refractivity (Wildman–Crippen MR) is 91.4 cm³/mol. The van der Waals surface area contributed by atoms with Crippen molar-refractivity contribution in [2.24, 2.45) is 5.92 Å². The van der Waals surface area contributed by atoms with Crippen LogP contribution in [0.2, 0.25) is 0 Å². The second-order valence-electron chi connectivity index (χ2n) is 6.70. The maximum Gasteiger partial charge on any atom is 0.333 e. The lowest BCUT2D eigenvalue weighted by molar-refractivity contribution is -0.147. The van der Waals surface area contributed by atoms with Crippen LogP contribution in [-0.4, -0.2) is 17.0 Å². The molecule has 4 nitrogen and oxygen atoms in total. The van der Waals surface area contributed by atoms with Crippen molar-refractivity contribution in [3.8, 4) is 0 Å². The van der Waals surface area contributed by atoms with Gasteiger partial charge in [0.2, 0.25) is 5.91 Å². The molecule has 1 aliphatic carbocycles. The zero-order chi connectivity index (χ0) is 18.0. The zero-order valence-corrected chi connectivity index (χ0v) is 13.9. The fourth-order valence-corrected chi connectivity index (χ4v) is 3.18. The molecule has 0 radical (unpaired) electrons. The molecule has 2 aromatic rings. The average molecular weight is 341 g/mol. The number of amides is 1. The first-order valence-electron chi connectivity index (χ1n) is 8.25. The largest absolute Gasteiger partial charge is 0.479 e. The topological polar surface area (TPSA) is 66.4 Å². The Hall–Kier alpha value is -2.69. The zero-order valence-electron chi connectivity index (χ0n) is 13.9. The Morgan fingerprint density at radius 1 is 1.16 bits per heavy atom. The van der Waals surface area contributed by atoms with Crippen LogP contribution in [0.4, 0.5) is 4.39 Å². The molecule has 2 N–H and O–H groups in total. The van der Waals surface area contributed by atoms with Crippen LogP contribution >= 0.6 is 0 Å². The van der Waals surface area contributed by atoms with E-state index in [-0.39, 0.29) is 18.2 Å². The molecule has 130 valence electrons. The van der Waals surface area contributed by atoms with Gasteiger partial charge < -0.3 is 10.4 Å². The van der Waals surface area contributed by atoms with Crippen LogP contribution in [-0.2, 0) is 15.1 Å². The molecule has 0 aromatic heterocycles. The summed E-state index contributed by atoms with van der Waals surface area (Å²) in [6, 6.07) is 15.1. The molecule has 5 heteroatoms. The molecule has 1 saturated carbocycles. The second kappa shape index (κ2) is 6.67. The van der Waals surface area contributed by atoms with Crippen molar-refractivity contribution < 1.29 is 19.1 Å². The molecule has 1 fully saturated rings. The van der Waals surface area contributed by atoms with E-state index in [4.69, 9.17) is 0 Å². The fourth-order valence-electron chi connectivity index (χ4n) is 3.18. The Bertz CT molecular complexity index is 775. The van der Waals surface area contributed by atoms with Gasteiger partial charge in [-0.25, -0.2) is 9.18 Å². The molecule has 25 heavy (non-hydrogen) atoms. The van der Waals surface area contributed by atoms with Gasteiger partial charge in [-0.1, -0.05) is 42.5 Å². The van der Waals surface area contributed by atoms with Crippen LogP contribution in [0.15, 0.2) is 54.6 Å².